The molecule has 7 nitrogen and oxygen atoms in total. The van der Waals surface area contributed by atoms with Crippen LogP contribution in [0.3, 0.4) is 0 Å². The highest BCUT2D eigenvalue weighted by Gasteiger charge is 2.45. The standard InChI is InChI=1S/C14H24N4O3/c1-13(2,3)21-12(19)18-10(9-20-14(18,4)5)8-17-7-6-11(15)16-17/h6-7,10H,8-9H2,1-5H3,(H2,15,16)/t10-/m1/s1. The molecule has 1 aliphatic rings. The maximum absolute atomic E-state index is 12.5. The number of anilines is 1. The largest absolute Gasteiger partial charge is 0.444 e. The molecule has 0 spiro atoms. The zero-order valence-electron chi connectivity index (χ0n) is 13.3. The summed E-state index contributed by atoms with van der Waals surface area (Å²) in [5.41, 5.74) is 4.37. The van der Waals surface area contributed by atoms with E-state index < -0.39 is 11.3 Å². The first-order valence-corrected chi connectivity index (χ1v) is 7.04. The van der Waals surface area contributed by atoms with E-state index in [1.807, 2.05) is 34.6 Å². The minimum Gasteiger partial charge on any atom is -0.444 e. The molecule has 1 aromatic rings. The van der Waals surface area contributed by atoms with E-state index >= 15 is 0 Å². The number of amides is 1. The molecule has 0 unspecified atom stereocenters. The van der Waals surface area contributed by atoms with Crippen molar-refractivity contribution in [3.05, 3.63) is 12.3 Å². The van der Waals surface area contributed by atoms with Crippen LogP contribution in [0.15, 0.2) is 12.3 Å². The van der Waals surface area contributed by atoms with E-state index in [9.17, 15) is 4.79 Å². The van der Waals surface area contributed by atoms with Crippen LogP contribution in [0.5, 0.6) is 0 Å². The number of rotatable bonds is 2. The van der Waals surface area contributed by atoms with E-state index in [0.29, 0.717) is 19.0 Å². The van der Waals surface area contributed by atoms with Crippen molar-refractivity contribution in [3.63, 3.8) is 0 Å². The van der Waals surface area contributed by atoms with Crippen LogP contribution >= 0.6 is 0 Å². The lowest BCUT2D eigenvalue weighted by molar-refractivity contribution is -0.0629. The lowest BCUT2D eigenvalue weighted by Crippen LogP contribution is -2.51. The van der Waals surface area contributed by atoms with Gasteiger partial charge in [-0.25, -0.2) is 4.79 Å². The Morgan fingerprint density at radius 1 is 1.57 bits per heavy atom. The summed E-state index contributed by atoms with van der Waals surface area (Å²) >= 11 is 0. The topological polar surface area (TPSA) is 82.6 Å². The van der Waals surface area contributed by atoms with Gasteiger partial charge in [-0.3, -0.25) is 9.58 Å². The first-order valence-electron chi connectivity index (χ1n) is 7.04. The molecule has 2 N–H and O–H groups in total. The molecule has 0 saturated carbocycles. The molecule has 7 heteroatoms. The molecule has 1 aromatic heterocycles. The van der Waals surface area contributed by atoms with Gasteiger partial charge in [0.25, 0.3) is 0 Å². The zero-order valence-corrected chi connectivity index (χ0v) is 13.3. The number of hydrogen-bond donors (Lipinski definition) is 1. The molecule has 1 aliphatic heterocycles. The predicted molar refractivity (Wildman–Crippen MR) is 78.5 cm³/mol. The van der Waals surface area contributed by atoms with Crippen molar-refractivity contribution in [1.29, 1.82) is 0 Å². The van der Waals surface area contributed by atoms with Gasteiger partial charge in [-0.1, -0.05) is 0 Å². The molecule has 2 rings (SSSR count). The molecular weight excluding hydrogens is 272 g/mol. The second-order valence-corrected chi connectivity index (χ2v) is 6.72. The van der Waals surface area contributed by atoms with Gasteiger partial charge in [-0.2, -0.15) is 5.10 Å². The average molecular weight is 296 g/mol. The fourth-order valence-corrected chi connectivity index (χ4v) is 2.39. The van der Waals surface area contributed by atoms with Crippen molar-refractivity contribution in [2.24, 2.45) is 0 Å². The van der Waals surface area contributed by atoms with Crippen molar-refractivity contribution in [3.8, 4) is 0 Å². The van der Waals surface area contributed by atoms with Crippen molar-refractivity contribution >= 4 is 11.9 Å². The predicted octanol–water partition coefficient (Wildman–Crippen LogP) is 1.84. The second-order valence-electron chi connectivity index (χ2n) is 6.72. The Morgan fingerprint density at radius 2 is 2.24 bits per heavy atom. The van der Waals surface area contributed by atoms with Gasteiger partial charge in [0.05, 0.1) is 19.2 Å². The minimum absolute atomic E-state index is 0.144. The Balaban J connectivity index is 2.15. The molecule has 21 heavy (non-hydrogen) atoms. The third kappa shape index (κ3) is 3.66. The number of nitrogens with two attached hydrogens (primary N) is 1. The molecule has 0 aliphatic carbocycles. The highest BCUT2D eigenvalue weighted by molar-refractivity contribution is 5.69. The lowest BCUT2D eigenvalue weighted by Gasteiger charge is -2.35. The van der Waals surface area contributed by atoms with Crippen LogP contribution in [-0.4, -0.2) is 44.7 Å². The van der Waals surface area contributed by atoms with Gasteiger partial charge in [-0.15, -0.1) is 0 Å². The number of carbonyl (C=O) groups excluding carboxylic acids is 1. The minimum atomic E-state index is -0.703. The Bertz CT molecular complexity index is 519. The van der Waals surface area contributed by atoms with Crippen LogP contribution in [-0.2, 0) is 16.0 Å². The van der Waals surface area contributed by atoms with Gasteiger partial charge in [0.2, 0.25) is 0 Å². The smallest absolute Gasteiger partial charge is 0.412 e. The quantitative estimate of drug-likeness (QED) is 0.900. The lowest BCUT2D eigenvalue weighted by atomic mass is 10.2. The number of ether oxygens (including phenoxy) is 2. The number of carbonyl (C=O) groups is 1. The summed E-state index contributed by atoms with van der Waals surface area (Å²) < 4.78 is 12.9. The molecule has 1 amide bonds. The van der Waals surface area contributed by atoms with Crippen LogP contribution in [0.1, 0.15) is 34.6 Å². The van der Waals surface area contributed by atoms with Crippen LogP contribution in [0.2, 0.25) is 0 Å². The zero-order chi connectivity index (χ0) is 15.8. The SMILES string of the molecule is CC(C)(C)OC(=O)N1[C@H](Cn2ccc(N)n2)COC1(C)C. The monoisotopic (exact) mass is 296 g/mol. The van der Waals surface area contributed by atoms with Crippen LogP contribution < -0.4 is 5.73 Å². The van der Waals surface area contributed by atoms with E-state index in [0.717, 1.165) is 0 Å². The third-order valence-corrected chi connectivity index (χ3v) is 3.22. The van der Waals surface area contributed by atoms with Crippen LogP contribution in [0.4, 0.5) is 10.6 Å². The fourth-order valence-electron chi connectivity index (χ4n) is 2.39. The maximum atomic E-state index is 12.5. The molecule has 1 saturated heterocycles. The summed E-state index contributed by atoms with van der Waals surface area (Å²) in [4.78, 5) is 14.1. The van der Waals surface area contributed by atoms with Crippen LogP contribution in [0, 0.1) is 0 Å². The first-order chi connectivity index (χ1) is 9.58. The summed E-state index contributed by atoms with van der Waals surface area (Å²) in [5, 5.41) is 4.15. The Kier molecular flexibility index (Phi) is 3.88. The Hall–Kier alpha value is -1.76. The van der Waals surface area contributed by atoms with E-state index in [1.165, 1.54) is 0 Å². The van der Waals surface area contributed by atoms with Crippen molar-refractivity contribution in [1.82, 2.24) is 14.7 Å². The number of hydrogen-bond acceptors (Lipinski definition) is 5. The Morgan fingerprint density at radius 3 is 2.76 bits per heavy atom. The number of aromatic nitrogens is 2. The molecule has 2 heterocycles. The highest BCUT2D eigenvalue weighted by atomic mass is 16.6. The Labute approximate surface area is 125 Å². The van der Waals surface area contributed by atoms with Crippen molar-refractivity contribution < 1.29 is 14.3 Å². The number of nitrogens with zero attached hydrogens (tertiary/aromatic N) is 3. The molecule has 0 bridgehead atoms. The van der Waals surface area contributed by atoms with E-state index in [-0.39, 0.29) is 12.1 Å². The summed E-state index contributed by atoms with van der Waals surface area (Å²) in [6, 6.07) is 1.58. The normalized spacial score (nSPS) is 21.6. The third-order valence-electron chi connectivity index (χ3n) is 3.22. The molecule has 0 aromatic carbocycles. The second kappa shape index (κ2) is 5.22. The van der Waals surface area contributed by atoms with E-state index in [4.69, 9.17) is 15.2 Å². The average Bonchev–Trinajstić information content (AvgIpc) is 2.81. The van der Waals surface area contributed by atoms with Gasteiger partial charge < -0.3 is 15.2 Å². The first kappa shape index (κ1) is 15.6. The summed E-state index contributed by atoms with van der Waals surface area (Å²) in [6.07, 6.45) is 1.41. The van der Waals surface area contributed by atoms with Gasteiger partial charge in [0, 0.05) is 6.20 Å². The molecule has 1 atom stereocenters. The van der Waals surface area contributed by atoms with Gasteiger partial charge in [-0.05, 0) is 40.7 Å². The summed E-state index contributed by atoms with van der Waals surface area (Å²) in [6.45, 7) is 10.2. The summed E-state index contributed by atoms with van der Waals surface area (Å²) in [7, 11) is 0. The van der Waals surface area contributed by atoms with E-state index in [2.05, 4.69) is 5.10 Å². The van der Waals surface area contributed by atoms with Gasteiger partial charge in [0.15, 0.2) is 0 Å². The van der Waals surface area contributed by atoms with E-state index in [1.54, 1.807) is 21.8 Å². The van der Waals surface area contributed by atoms with Crippen molar-refractivity contribution in [2.75, 3.05) is 12.3 Å². The highest BCUT2D eigenvalue weighted by Crippen LogP contribution is 2.30. The van der Waals surface area contributed by atoms with Gasteiger partial charge >= 0.3 is 6.09 Å². The van der Waals surface area contributed by atoms with Crippen molar-refractivity contribution in [2.45, 2.75) is 58.5 Å². The fraction of sp³-hybridized carbons (Fsp3) is 0.714. The molecule has 118 valence electrons. The molecule has 0 radical (unpaired) electrons. The summed E-state index contributed by atoms with van der Waals surface area (Å²) in [5.74, 6) is 0.456. The molecular formula is C14H24N4O3. The van der Waals surface area contributed by atoms with Gasteiger partial charge in [0.1, 0.15) is 17.1 Å². The maximum Gasteiger partial charge on any atom is 0.412 e. The molecule has 1 fully saturated rings. The van der Waals surface area contributed by atoms with Crippen LogP contribution in [0.25, 0.3) is 0 Å². The number of nitrogen functional groups attached to an aromatic ring is 1.